The molecular formula is C10H13N5O6. The number of anilines is 1. The summed E-state index contributed by atoms with van der Waals surface area (Å²) in [4.78, 5) is 19.4. The van der Waals surface area contributed by atoms with Crippen molar-refractivity contribution in [3.63, 3.8) is 0 Å². The predicted molar refractivity (Wildman–Crippen MR) is 66.4 cm³/mol. The third kappa shape index (κ3) is 1.86. The fourth-order valence-electron chi connectivity index (χ4n) is 2.27. The maximum absolute atomic E-state index is 11.8. The van der Waals surface area contributed by atoms with Crippen molar-refractivity contribution in [2.45, 2.75) is 24.5 Å². The van der Waals surface area contributed by atoms with Crippen molar-refractivity contribution in [3.8, 4) is 0 Å². The highest BCUT2D eigenvalue weighted by atomic mass is 16.6. The number of aliphatic hydroxyl groups excluding tert-OH is 3. The molecule has 3 heterocycles. The van der Waals surface area contributed by atoms with Crippen LogP contribution in [0.4, 0.5) is 5.95 Å². The van der Waals surface area contributed by atoms with E-state index in [0.717, 1.165) is 0 Å². The Hall–Kier alpha value is -2.21. The van der Waals surface area contributed by atoms with Gasteiger partial charge in [0.05, 0.1) is 12.9 Å². The lowest BCUT2D eigenvalue weighted by Gasteiger charge is -2.16. The van der Waals surface area contributed by atoms with Crippen LogP contribution in [0.2, 0.25) is 0 Å². The summed E-state index contributed by atoms with van der Waals surface area (Å²) in [6.45, 7) is -0.486. The molecule has 4 atom stereocenters. The van der Waals surface area contributed by atoms with E-state index in [1.165, 1.54) is 10.9 Å². The van der Waals surface area contributed by atoms with Crippen molar-refractivity contribution in [1.82, 2.24) is 19.3 Å². The number of aromatic nitrogens is 4. The van der Waals surface area contributed by atoms with Crippen molar-refractivity contribution in [3.05, 3.63) is 16.7 Å². The quantitative estimate of drug-likeness (QED) is 0.363. The van der Waals surface area contributed by atoms with E-state index in [9.17, 15) is 20.2 Å². The lowest BCUT2D eigenvalue weighted by atomic mass is 10.1. The highest BCUT2D eigenvalue weighted by Crippen LogP contribution is 2.30. The Balaban J connectivity index is 2.12. The minimum absolute atomic E-state index is 0.0161. The molecular weight excluding hydrogens is 286 g/mol. The second kappa shape index (κ2) is 4.66. The topological polar surface area (TPSA) is 169 Å². The highest BCUT2D eigenvalue weighted by molar-refractivity contribution is 5.70. The molecule has 0 bridgehead atoms. The molecule has 0 radical (unpaired) electrons. The molecule has 3 rings (SSSR count). The third-order valence-corrected chi connectivity index (χ3v) is 3.39. The molecule has 0 saturated carbocycles. The highest BCUT2D eigenvalue weighted by Gasteiger charge is 2.44. The van der Waals surface area contributed by atoms with E-state index in [0.29, 0.717) is 0 Å². The number of rotatable bonds is 2. The lowest BCUT2D eigenvalue weighted by molar-refractivity contribution is -0.0511. The zero-order valence-electron chi connectivity index (χ0n) is 10.6. The van der Waals surface area contributed by atoms with E-state index in [4.69, 9.17) is 15.6 Å². The number of nitrogen functional groups attached to an aromatic ring is 1. The second-order valence-electron chi connectivity index (χ2n) is 4.64. The Bertz CT molecular complexity index is 741. The Kier molecular flexibility index (Phi) is 3.06. The van der Waals surface area contributed by atoms with E-state index in [1.54, 1.807) is 0 Å². The van der Waals surface area contributed by atoms with Crippen LogP contribution in [0.1, 0.15) is 6.23 Å². The summed E-state index contributed by atoms with van der Waals surface area (Å²) in [5.74, 6) is -0.457. The van der Waals surface area contributed by atoms with Gasteiger partial charge in [-0.3, -0.25) is 9.36 Å². The van der Waals surface area contributed by atoms with E-state index >= 15 is 0 Å². The summed E-state index contributed by atoms with van der Waals surface area (Å²) in [7, 11) is 0. The lowest BCUT2D eigenvalue weighted by Crippen LogP contribution is -2.33. The molecule has 0 spiro atoms. The molecule has 0 unspecified atom stereocenters. The smallest absolute Gasteiger partial charge is 0.316 e. The number of imidazole rings is 1. The zero-order chi connectivity index (χ0) is 15.3. The molecule has 11 nitrogen and oxygen atoms in total. The first-order valence-electron chi connectivity index (χ1n) is 6.02. The van der Waals surface area contributed by atoms with Crippen molar-refractivity contribution in [2.24, 2.45) is 0 Å². The van der Waals surface area contributed by atoms with Crippen LogP contribution in [0.5, 0.6) is 0 Å². The van der Waals surface area contributed by atoms with Gasteiger partial charge in [0.1, 0.15) is 18.3 Å². The zero-order valence-corrected chi connectivity index (χ0v) is 10.6. The van der Waals surface area contributed by atoms with Crippen LogP contribution in [0, 0.1) is 0 Å². The first-order chi connectivity index (χ1) is 9.95. The summed E-state index contributed by atoms with van der Waals surface area (Å²) in [6.07, 6.45) is -3.55. The minimum atomic E-state index is -1.35. The molecule has 6 N–H and O–H groups in total. The number of hydrogen-bond donors (Lipinski definition) is 5. The van der Waals surface area contributed by atoms with Crippen LogP contribution in [-0.2, 0) is 4.74 Å². The fraction of sp³-hybridized carbons (Fsp3) is 0.500. The molecule has 1 aliphatic heterocycles. The monoisotopic (exact) mass is 299 g/mol. The normalized spacial score (nSPS) is 29.3. The van der Waals surface area contributed by atoms with Gasteiger partial charge in [-0.2, -0.15) is 4.98 Å². The molecule has 2 aromatic rings. The average Bonchev–Trinajstić information content (AvgIpc) is 2.99. The second-order valence-corrected chi connectivity index (χ2v) is 4.64. The number of aliphatic hydroxyl groups is 3. The van der Waals surface area contributed by atoms with Crippen LogP contribution >= 0.6 is 0 Å². The Morgan fingerprint density at radius 1 is 1.38 bits per heavy atom. The van der Waals surface area contributed by atoms with Gasteiger partial charge in [0, 0.05) is 0 Å². The number of hydrogen-bond acceptors (Lipinski definition) is 9. The number of ether oxygens (including phenoxy) is 1. The van der Waals surface area contributed by atoms with Gasteiger partial charge in [0.15, 0.2) is 17.4 Å². The van der Waals surface area contributed by atoms with Crippen LogP contribution in [0.3, 0.4) is 0 Å². The maximum atomic E-state index is 11.8. The molecule has 1 fully saturated rings. The van der Waals surface area contributed by atoms with Gasteiger partial charge < -0.3 is 31.0 Å². The SMILES string of the molecule is Nc1nc2c(ncn2[C@@H]2O[C@H](CO)[C@@H](O)[C@H]2O)c(=O)n1O. The van der Waals surface area contributed by atoms with E-state index in [1.807, 2.05) is 0 Å². The van der Waals surface area contributed by atoms with E-state index in [-0.39, 0.29) is 15.9 Å². The van der Waals surface area contributed by atoms with Crippen molar-refractivity contribution >= 4 is 17.1 Å². The van der Waals surface area contributed by atoms with Gasteiger partial charge in [-0.25, -0.2) is 4.98 Å². The summed E-state index contributed by atoms with van der Waals surface area (Å²) in [5, 5.41) is 38.1. The first kappa shape index (κ1) is 13.8. The Labute approximate surface area is 116 Å². The summed E-state index contributed by atoms with van der Waals surface area (Å²) in [5.41, 5.74) is 4.33. The van der Waals surface area contributed by atoms with Crippen LogP contribution in [0.15, 0.2) is 11.1 Å². The minimum Gasteiger partial charge on any atom is -0.422 e. The number of nitrogens with zero attached hydrogens (tertiary/aromatic N) is 4. The molecule has 11 heteroatoms. The largest absolute Gasteiger partial charge is 0.422 e. The predicted octanol–water partition coefficient (Wildman–Crippen LogP) is -2.98. The summed E-state index contributed by atoms with van der Waals surface area (Å²) >= 11 is 0. The molecule has 114 valence electrons. The van der Waals surface area contributed by atoms with Crippen LogP contribution < -0.4 is 11.3 Å². The maximum Gasteiger partial charge on any atom is 0.316 e. The number of nitrogens with two attached hydrogens (primary N) is 1. The van der Waals surface area contributed by atoms with E-state index in [2.05, 4.69) is 9.97 Å². The molecule has 2 aromatic heterocycles. The first-order valence-corrected chi connectivity index (χ1v) is 6.02. The van der Waals surface area contributed by atoms with Gasteiger partial charge in [0.2, 0.25) is 5.95 Å². The molecule has 0 amide bonds. The van der Waals surface area contributed by atoms with Crippen molar-refractivity contribution < 1.29 is 25.3 Å². The van der Waals surface area contributed by atoms with Crippen LogP contribution in [0.25, 0.3) is 11.2 Å². The fourth-order valence-corrected chi connectivity index (χ4v) is 2.27. The van der Waals surface area contributed by atoms with Gasteiger partial charge in [-0.15, -0.1) is 4.73 Å². The summed E-state index contributed by atoms with van der Waals surface area (Å²) < 4.78 is 6.67. The molecule has 0 aliphatic carbocycles. The summed E-state index contributed by atoms with van der Waals surface area (Å²) in [6, 6.07) is 0. The van der Waals surface area contributed by atoms with E-state index < -0.39 is 42.7 Å². The average molecular weight is 299 g/mol. The molecule has 1 aliphatic rings. The molecule has 1 saturated heterocycles. The van der Waals surface area contributed by atoms with Gasteiger partial charge >= 0.3 is 5.56 Å². The standard InChI is InChI=1S/C10H13N5O6/c11-10-13-7-4(8(19)15(10)20)12-2-14(7)9-6(18)5(17)3(1-16)21-9/h2-3,5-6,9,16-18,20H,1H2,(H2,11,13)/t3-,5-,6-,9-/m1/s1. The Morgan fingerprint density at radius 3 is 2.71 bits per heavy atom. The Morgan fingerprint density at radius 2 is 2.10 bits per heavy atom. The number of fused-ring (bicyclic) bond motifs is 1. The van der Waals surface area contributed by atoms with Crippen molar-refractivity contribution in [1.29, 1.82) is 0 Å². The van der Waals surface area contributed by atoms with Gasteiger partial charge in [0.25, 0.3) is 0 Å². The van der Waals surface area contributed by atoms with Gasteiger partial charge in [-0.05, 0) is 0 Å². The van der Waals surface area contributed by atoms with Crippen molar-refractivity contribution in [2.75, 3.05) is 12.3 Å². The third-order valence-electron chi connectivity index (χ3n) is 3.39. The molecule has 0 aromatic carbocycles. The van der Waals surface area contributed by atoms with Crippen LogP contribution in [-0.4, -0.2) is 64.7 Å². The molecule has 21 heavy (non-hydrogen) atoms. The van der Waals surface area contributed by atoms with Gasteiger partial charge in [-0.1, -0.05) is 0 Å².